The number of aromatic amines is 2. The van der Waals surface area contributed by atoms with E-state index in [1.807, 2.05) is 18.2 Å². The Labute approximate surface area is 311 Å². The molecule has 1 saturated heterocycles. The Morgan fingerprint density at radius 2 is 1.58 bits per heavy atom. The quantitative estimate of drug-likeness (QED) is 0.165. The summed E-state index contributed by atoms with van der Waals surface area (Å²) in [6.45, 7) is 6.41. The van der Waals surface area contributed by atoms with E-state index in [4.69, 9.17) is 30.5 Å². The van der Waals surface area contributed by atoms with Crippen molar-refractivity contribution in [2.24, 2.45) is 0 Å². The molecule has 0 radical (unpaired) electrons. The van der Waals surface area contributed by atoms with Crippen LogP contribution in [0.3, 0.4) is 0 Å². The maximum Gasteiger partial charge on any atom is 0.274 e. The number of carbonyl (C=O) groups excluding carboxylic acids is 2. The topological polar surface area (TPSA) is 136 Å². The second-order valence-corrected chi connectivity index (χ2v) is 14.2. The van der Waals surface area contributed by atoms with Gasteiger partial charge in [0.05, 0.1) is 43.7 Å². The molecule has 53 heavy (non-hydrogen) atoms. The molecule has 0 unspecified atom stereocenters. The second-order valence-electron chi connectivity index (χ2n) is 13.9. The number of piperazine rings is 1. The van der Waals surface area contributed by atoms with Gasteiger partial charge in [-0.05, 0) is 48.9 Å². The fourth-order valence-corrected chi connectivity index (χ4v) is 8.21. The van der Waals surface area contributed by atoms with Crippen LogP contribution >= 0.6 is 11.6 Å². The number of aromatic hydroxyl groups is 1. The standard InChI is InChI=1S/C39H43ClN6O7/c1-43-9-11-44(12-10-43)13-14-53-25-6-5-22-7-8-45(29(22)17-25)38(48)28-18-26-33-24(20-40)21-46(30(33)19-31(47)35(26)42-28)39(49)27-15-23-16-32(50-2)36(51-3)37(52-4)34(23)41-27/h5-6,15-19,24,41-42,47H,7-14,20-21H2,1-4H3/t24-/m1/s1. The first kappa shape index (κ1) is 34.9. The number of rotatable bonds is 10. The third-order valence-corrected chi connectivity index (χ3v) is 11.2. The number of anilines is 2. The first-order chi connectivity index (χ1) is 25.7. The van der Waals surface area contributed by atoms with Crippen molar-refractivity contribution in [2.45, 2.75) is 12.3 Å². The number of hydrogen-bond donors (Lipinski definition) is 3. The van der Waals surface area contributed by atoms with Gasteiger partial charge in [-0.15, -0.1) is 11.6 Å². The van der Waals surface area contributed by atoms with E-state index in [0.29, 0.717) is 75.8 Å². The number of carbonyl (C=O) groups is 2. The Bertz CT molecular complexity index is 2230. The number of aromatic nitrogens is 2. The van der Waals surface area contributed by atoms with Gasteiger partial charge in [-0.25, -0.2) is 0 Å². The molecule has 0 bridgehead atoms. The Balaban J connectivity index is 1.06. The molecule has 3 aliphatic heterocycles. The summed E-state index contributed by atoms with van der Waals surface area (Å²) >= 11 is 6.54. The van der Waals surface area contributed by atoms with Crippen LogP contribution in [-0.2, 0) is 6.42 Å². The van der Waals surface area contributed by atoms with E-state index >= 15 is 0 Å². The molecule has 5 aromatic rings. The molecule has 1 atom stereocenters. The average molecular weight is 743 g/mol. The van der Waals surface area contributed by atoms with Crippen molar-refractivity contribution in [3.63, 3.8) is 0 Å². The highest BCUT2D eigenvalue weighted by Crippen LogP contribution is 2.47. The number of H-pyrrole nitrogens is 2. The summed E-state index contributed by atoms with van der Waals surface area (Å²) < 4.78 is 22.8. The van der Waals surface area contributed by atoms with E-state index in [-0.39, 0.29) is 29.4 Å². The van der Waals surface area contributed by atoms with Crippen LogP contribution in [0.1, 0.15) is 38.0 Å². The van der Waals surface area contributed by atoms with E-state index < -0.39 is 0 Å². The largest absolute Gasteiger partial charge is 0.506 e. The van der Waals surface area contributed by atoms with Gasteiger partial charge < -0.3 is 48.7 Å². The zero-order chi connectivity index (χ0) is 37.0. The van der Waals surface area contributed by atoms with Crippen LogP contribution < -0.4 is 28.7 Å². The monoisotopic (exact) mass is 742 g/mol. The van der Waals surface area contributed by atoms with Gasteiger partial charge in [-0.2, -0.15) is 0 Å². The molecule has 5 heterocycles. The van der Waals surface area contributed by atoms with Crippen LogP contribution in [0.15, 0.2) is 42.5 Å². The molecule has 3 N–H and O–H groups in total. The number of phenolic OH excluding ortho intramolecular Hbond substituents is 1. The lowest BCUT2D eigenvalue weighted by atomic mass is 9.98. The minimum absolute atomic E-state index is 0.0727. The van der Waals surface area contributed by atoms with Gasteiger partial charge in [-0.3, -0.25) is 14.5 Å². The van der Waals surface area contributed by atoms with E-state index in [2.05, 4.69) is 26.8 Å². The third-order valence-electron chi connectivity index (χ3n) is 10.8. The van der Waals surface area contributed by atoms with Crippen molar-refractivity contribution in [1.29, 1.82) is 0 Å². The highest BCUT2D eigenvalue weighted by molar-refractivity contribution is 6.20. The number of methoxy groups -OCH3 is 3. The summed E-state index contributed by atoms with van der Waals surface area (Å²) in [5, 5.41) is 12.7. The third kappa shape index (κ3) is 6.06. The number of ether oxygens (including phenoxy) is 4. The zero-order valence-corrected chi connectivity index (χ0v) is 31.0. The molecular formula is C39H43ClN6O7. The van der Waals surface area contributed by atoms with Gasteiger partial charge in [0.1, 0.15) is 29.5 Å². The summed E-state index contributed by atoms with van der Waals surface area (Å²) in [4.78, 5) is 42.8. The number of likely N-dealkylation sites (N-methyl/N-ethyl adjacent to an activating group) is 1. The fourth-order valence-electron chi connectivity index (χ4n) is 7.96. The second kappa shape index (κ2) is 14.0. The molecule has 2 aromatic heterocycles. The fraction of sp³-hybridized carbons (Fsp3) is 0.385. The van der Waals surface area contributed by atoms with E-state index in [1.54, 1.807) is 34.1 Å². The number of phenols is 1. The molecule has 0 saturated carbocycles. The number of hydrogen-bond acceptors (Lipinski definition) is 9. The van der Waals surface area contributed by atoms with Crippen molar-refractivity contribution >= 4 is 56.6 Å². The van der Waals surface area contributed by atoms with E-state index in [1.165, 1.54) is 21.3 Å². The highest BCUT2D eigenvalue weighted by Gasteiger charge is 2.37. The van der Waals surface area contributed by atoms with Crippen LogP contribution in [0.25, 0.3) is 21.8 Å². The predicted molar refractivity (Wildman–Crippen MR) is 204 cm³/mol. The molecule has 1 fully saturated rings. The summed E-state index contributed by atoms with van der Waals surface area (Å²) in [6, 6.07) is 12.8. The minimum Gasteiger partial charge on any atom is -0.506 e. The minimum atomic E-state index is -0.309. The molecule has 0 spiro atoms. The van der Waals surface area contributed by atoms with Gasteiger partial charge in [0.2, 0.25) is 5.75 Å². The predicted octanol–water partition coefficient (Wildman–Crippen LogP) is 5.19. The summed E-state index contributed by atoms with van der Waals surface area (Å²) in [5.41, 5.74) is 4.89. The maximum absolute atomic E-state index is 14.2. The van der Waals surface area contributed by atoms with Crippen molar-refractivity contribution in [1.82, 2.24) is 19.8 Å². The first-order valence-electron chi connectivity index (χ1n) is 17.8. The maximum atomic E-state index is 14.2. The van der Waals surface area contributed by atoms with Crippen LogP contribution in [0.4, 0.5) is 11.4 Å². The summed E-state index contributed by atoms with van der Waals surface area (Å²) in [5.74, 6) is 1.41. The molecule has 0 aliphatic carbocycles. The lowest BCUT2D eigenvalue weighted by Gasteiger charge is -2.32. The van der Waals surface area contributed by atoms with Crippen LogP contribution in [-0.4, -0.2) is 123 Å². The molecule has 278 valence electrons. The van der Waals surface area contributed by atoms with Crippen LogP contribution in [0, 0.1) is 0 Å². The lowest BCUT2D eigenvalue weighted by Crippen LogP contribution is -2.45. The Morgan fingerprint density at radius 1 is 0.849 bits per heavy atom. The van der Waals surface area contributed by atoms with Gasteiger partial charge in [0.15, 0.2) is 11.5 Å². The van der Waals surface area contributed by atoms with Gasteiger partial charge >= 0.3 is 0 Å². The Kier molecular flexibility index (Phi) is 9.25. The Morgan fingerprint density at radius 3 is 2.32 bits per heavy atom. The number of amides is 2. The summed E-state index contributed by atoms with van der Waals surface area (Å²) in [6.07, 6.45) is 0.730. The van der Waals surface area contributed by atoms with Crippen LogP contribution in [0.2, 0.25) is 0 Å². The van der Waals surface area contributed by atoms with Crippen LogP contribution in [0.5, 0.6) is 28.7 Å². The van der Waals surface area contributed by atoms with Crippen molar-refractivity contribution in [2.75, 3.05) is 96.5 Å². The van der Waals surface area contributed by atoms with Gasteiger partial charge in [-0.1, -0.05) is 6.07 Å². The van der Waals surface area contributed by atoms with Gasteiger partial charge in [0.25, 0.3) is 11.8 Å². The molecule has 8 rings (SSSR count). The normalized spacial score (nSPS) is 17.4. The number of fused-ring (bicyclic) bond motifs is 5. The number of nitrogens with zero attached hydrogens (tertiary/aromatic N) is 4. The number of alkyl halides is 1. The number of nitrogens with one attached hydrogen (secondary N) is 2. The molecule has 3 aromatic carbocycles. The molecule has 14 heteroatoms. The van der Waals surface area contributed by atoms with E-state index in [9.17, 15) is 14.7 Å². The Hall–Kier alpha value is -5.11. The lowest BCUT2D eigenvalue weighted by molar-refractivity contribution is 0.0977. The average Bonchev–Trinajstić information content (AvgIpc) is 3.97. The highest BCUT2D eigenvalue weighted by atomic mass is 35.5. The SMILES string of the molecule is COc1cc2cc(C(=O)N3C[C@@H](CCl)c4c3cc(O)c3[nH]c(C(=O)N5CCc6ccc(OCCN7CCN(C)CC7)cc65)cc43)[nH]c2c(OC)c1OC. The van der Waals surface area contributed by atoms with Gasteiger partial charge in [0, 0.05) is 80.5 Å². The van der Waals surface area contributed by atoms with E-state index in [0.717, 1.165) is 61.7 Å². The molecule has 13 nitrogen and oxygen atoms in total. The number of halogens is 1. The zero-order valence-electron chi connectivity index (χ0n) is 30.3. The number of benzene rings is 3. The molecular weight excluding hydrogens is 700 g/mol. The molecule has 2 amide bonds. The summed E-state index contributed by atoms with van der Waals surface area (Å²) in [7, 11) is 6.73. The van der Waals surface area contributed by atoms with Crippen molar-refractivity contribution in [3.8, 4) is 28.7 Å². The first-order valence-corrected chi connectivity index (χ1v) is 18.3. The molecule has 3 aliphatic rings. The van der Waals surface area contributed by atoms with Crippen molar-refractivity contribution in [3.05, 3.63) is 65.0 Å². The van der Waals surface area contributed by atoms with Crippen molar-refractivity contribution < 1.29 is 33.6 Å². The smallest absolute Gasteiger partial charge is 0.274 e.